The SMILES string of the molecule is N#Cc1ncccc1-n1ccc(Br)n1. The van der Waals surface area contributed by atoms with Crippen LogP contribution >= 0.6 is 15.9 Å². The number of pyridine rings is 1. The maximum Gasteiger partial charge on any atom is 0.166 e. The van der Waals surface area contributed by atoms with Gasteiger partial charge in [0.05, 0.1) is 0 Å². The summed E-state index contributed by atoms with van der Waals surface area (Å²) in [7, 11) is 0. The molecule has 4 nitrogen and oxygen atoms in total. The lowest BCUT2D eigenvalue weighted by atomic mass is 10.3. The molecule has 0 atom stereocenters. The smallest absolute Gasteiger partial charge is 0.166 e. The maximum atomic E-state index is 8.82. The van der Waals surface area contributed by atoms with Gasteiger partial charge in [-0.2, -0.15) is 10.4 Å². The molecule has 0 aliphatic carbocycles. The van der Waals surface area contributed by atoms with Crippen molar-refractivity contribution < 1.29 is 0 Å². The third-order valence-corrected chi connectivity index (χ3v) is 2.12. The van der Waals surface area contributed by atoms with Gasteiger partial charge in [-0.1, -0.05) is 0 Å². The lowest BCUT2D eigenvalue weighted by Crippen LogP contribution is -1.99. The second-order valence-corrected chi connectivity index (χ2v) is 3.38. The van der Waals surface area contributed by atoms with Gasteiger partial charge in [0, 0.05) is 12.4 Å². The lowest BCUT2D eigenvalue weighted by Gasteiger charge is -2.01. The molecule has 0 radical (unpaired) electrons. The summed E-state index contributed by atoms with van der Waals surface area (Å²) in [6.07, 6.45) is 3.35. The minimum atomic E-state index is 0.364. The maximum absolute atomic E-state index is 8.82. The first-order valence-electron chi connectivity index (χ1n) is 3.88. The van der Waals surface area contributed by atoms with Crippen molar-refractivity contribution >= 4 is 15.9 Å². The van der Waals surface area contributed by atoms with Crippen molar-refractivity contribution in [1.82, 2.24) is 14.8 Å². The fraction of sp³-hybridized carbons (Fsp3) is 0. The highest BCUT2D eigenvalue weighted by Gasteiger charge is 2.05. The third-order valence-electron chi connectivity index (χ3n) is 1.70. The number of nitriles is 1. The van der Waals surface area contributed by atoms with E-state index < -0.39 is 0 Å². The summed E-state index contributed by atoms with van der Waals surface area (Å²) in [5.74, 6) is 0. The van der Waals surface area contributed by atoms with Crippen molar-refractivity contribution in [3.05, 3.63) is 40.9 Å². The van der Waals surface area contributed by atoms with Gasteiger partial charge < -0.3 is 0 Å². The van der Waals surface area contributed by atoms with Gasteiger partial charge in [-0.3, -0.25) is 0 Å². The van der Waals surface area contributed by atoms with Gasteiger partial charge in [0.15, 0.2) is 5.69 Å². The molecule has 14 heavy (non-hydrogen) atoms. The highest BCUT2D eigenvalue weighted by Crippen LogP contribution is 2.12. The minimum absolute atomic E-state index is 0.364. The molecule has 0 saturated carbocycles. The molecule has 2 rings (SSSR count). The minimum Gasteiger partial charge on any atom is -0.243 e. The van der Waals surface area contributed by atoms with E-state index in [-0.39, 0.29) is 0 Å². The van der Waals surface area contributed by atoms with E-state index in [0.717, 1.165) is 4.60 Å². The molecule has 0 aromatic carbocycles. The standard InChI is InChI=1S/C9H5BrN4/c10-9-3-5-14(13-9)8-2-1-4-12-7(8)6-11/h1-5H. The van der Waals surface area contributed by atoms with Crippen molar-refractivity contribution in [3.63, 3.8) is 0 Å². The molecule has 0 spiro atoms. The van der Waals surface area contributed by atoms with Crippen LogP contribution in [0.2, 0.25) is 0 Å². The number of hydrogen-bond acceptors (Lipinski definition) is 3. The summed E-state index contributed by atoms with van der Waals surface area (Å²) < 4.78 is 2.33. The van der Waals surface area contributed by atoms with Gasteiger partial charge in [0.25, 0.3) is 0 Å². The Morgan fingerprint density at radius 2 is 2.29 bits per heavy atom. The van der Waals surface area contributed by atoms with E-state index in [1.54, 1.807) is 35.3 Å². The predicted octanol–water partition coefficient (Wildman–Crippen LogP) is 1.90. The van der Waals surface area contributed by atoms with Crippen LogP contribution in [0.15, 0.2) is 35.2 Å². The van der Waals surface area contributed by atoms with Crippen molar-refractivity contribution in [2.24, 2.45) is 0 Å². The second kappa shape index (κ2) is 3.60. The third kappa shape index (κ3) is 1.52. The summed E-state index contributed by atoms with van der Waals surface area (Å²) in [6, 6.07) is 7.38. The quantitative estimate of drug-likeness (QED) is 0.775. The Balaban J connectivity index is 2.57. The summed E-state index contributed by atoms with van der Waals surface area (Å²) in [5.41, 5.74) is 1.05. The average molecular weight is 249 g/mol. The van der Waals surface area contributed by atoms with Crippen LogP contribution in [0.5, 0.6) is 0 Å². The molecule has 2 aromatic rings. The molecule has 0 bridgehead atoms. The number of nitrogens with zero attached hydrogens (tertiary/aromatic N) is 4. The van der Waals surface area contributed by atoms with E-state index in [9.17, 15) is 0 Å². The molecular formula is C9H5BrN4. The Morgan fingerprint density at radius 1 is 1.43 bits per heavy atom. The monoisotopic (exact) mass is 248 g/mol. The van der Waals surface area contributed by atoms with E-state index in [4.69, 9.17) is 5.26 Å². The van der Waals surface area contributed by atoms with Gasteiger partial charge in [0.1, 0.15) is 16.4 Å². The molecule has 0 saturated heterocycles. The number of hydrogen-bond donors (Lipinski definition) is 0. The zero-order valence-corrected chi connectivity index (χ0v) is 8.64. The lowest BCUT2D eigenvalue weighted by molar-refractivity contribution is 0.859. The first kappa shape index (κ1) is 8.91. The van der Waals surface area contributed by atoms with Gasteiger partial charge in [-0.25, -0.2) is 9.67 Å². The van der Waals surface area contributed by atoms with Gasteiger partial charge >= 0.3 is 0 Å². The van der Waals surface area contributed by atoms with Crippen LogP contribution in [-0.2, 0) is 0 Å². The van der Waals surface area contributed by atoms with Crippen LogP contribution in [0.3, 0.4) is 0 Å². The van der Waals surface area contributed by atoms with E-state index >= 15 is 0 Å². The number of rotatable bonds is 1. The van der Waals surface area contributed by atoms with Crippen molar-refractivity contribution in [1.29, 1.82) is 5.26 Å². The molecule has 2 aromatic heterocycles. The predicted molar refractivity (Wildman–Crippen MR) is 53.8 cm³/mol. The Labute approximate surface area is 88.9 Å². The molecule has 0 aliphatic heterocycles. The van der Waals surface area contributed by atoms with Crippen LogP contribution < -0.4 is 0 Å². The van der Waals surface area contributed by atoms with Crippen LogP contribution in [0.1, 0.15) is 5.69 Å². The largest absolute Gasteiger partial charge is 0.243 e. The summed E-state index contributed by atoms with van der Waals surface area (Å²) in [5, 5.41) is 13.0. The van der Waals surface area contributed by atoms with Crippen molar-refractivity contribution in [3.8, 4) is 11.8 Å². The highest BCUT2D eigenvalue weighted by atomic mass is 79.9. The fourth-order valence-corrected chi connectivity index (χ4v) is 1.39. The summed E-state index contributed by atoms with van der Waals surface area (Å²) >= 11 is 3.24. The first-order valence-corrected chi connectivity index (χ1v) is 4.67. The van der Waals surface area contributed by atoms with E-state index in [1.807, 2.05) is 6.07 Å². The highest BCUT2D eigenvalue weighted by molar-refractivity contribution is 9.10. The van der Waals surface area contributed by atoms with Crippen LogP contribution in [-0.4, -0.2) is 14.8 Å². The Kier molecular flexibility index (Phi) is 2.29. The molecule has 0 aliphatic rings. The van der Waals surface area contributed by atoms with Crippen LogP contribution in [0.25, 0.3) is 5.69 Å². The van der Waals surface area contributed by atoms with Crippen LogP contribution in [0, 0.1) is 11.3 Å². The summed E-state index contributed by atoms with van der Waals surface area (Å²) in [4.78, 5) is 3.95. The Bertz CT molecular complexity index is 498. The second-order valence-electron chi connectivity index (χ2n) is 2.57. The van der Waals surface area contributed by atoms with Crippen molar-refractivity contribution in [2.45, 2.75) is 0 Å². The topological polar surface area (TPSA) is 54.5 Å². The van der Waals surface area contributed by atoms with Gasteiger partial charge in [-0.05, 0) is 34.1 Å². The number of halogens is 1. The molecule has 5 heteroatoms. The van der Waals surface area contributed by atoms with E-state index in [1.165, 1.54) is 0 Å². The molecule has 0 fully saturated rings. The Hall–Kier alpha value is -1.67. The van der Waals surface area contributed by atoms with Gasteiger partial charge in [0.2, 0.25) is 0 Å². The zero-order valence-electron chi connectivity index (χ0n) is 7.05. The van der Waals surface area contributed by atoms with Gasteiger partial charge in [-0.15, -0.1) is 0 Å². The fourth-order valence-electron chi connectivity index (χ4n) is 1.10. The molecular weight excluding hydrogens is 244 g/mol. The van der Waals surface area contributed by atoms with Crippen LogP contribution in [0.4, 0.5) is 0 Å². The normalized spacial score (nSPS) is 9.71. The summed E-state index contributed by atoms with van der Waals surface area (Å²) in [6.45, 7) is 0. The molecule has 2 heterocycles. The molecule has 68 valence electrons. The molecule has 0 N–H and O–H groups in total. The zero-order chi connectivity index (χ0) is 9.97. The first-order chi connectivity index (χ1) is 6.81. The molecule has 0 unspecified atom stereocenters. The van der Waals surface area contributed by atoms with E-state index in [0.29, 0.717) is 11.4 Å². The van der Waals surface area contributed by atoms with Crippen molar-refractivity contribution in [2.75, 3.05) is 0 Å². The molecule has 0 amide bonds. The number of aromatic nitrogens is 3. The van der Waals surface area contributed by atoms with E-state index in [2.05, 4.69) is 26.0 Å². The Morgan fingerprint density at radius 3 is 2.93 bits per heavy atom. The average Bonchev–Trinajstić information content (AvgIpc) is 2.65.